The van der Waals surface area contributed by atoms with E-state index < -0.39 is 23.4 Å². The third-order valence-electron chi connectivity index (χ3n) is 7.10. The van der Waals surface area contributed by atoms with E-state index in [1.807, 2.05) is 19.1 Å². The van der Waals surface area contributed by atoms with Gasteiger partial charge < -0.3 is 14.9 Å². The van der Waals surface area contributed by atoms with Crippen LogP contribution in [-0.4, -0.2) is 29.2 Å². The van der Waals surface area contributed by atoms with Crippen LogP contribution in [0.2, 0.25) is 0 Å². The lowest BCUT2D eigenvalue weighted by molar-refractivity contribution is -0.274. The molecular weight excluding hydrogens is 513 g/mol. The van der Waals surface area contributed by atoms with E-state index in [2.05, 4.69) is 10.1 Å². The minimum Gasteiger partial charge on any atom is -0.406 e. The van der Waals surface area contributed by atoms with Crippen molar-refractivity contribution in [3.05, 3.63) is 83.4 Å². The zero-order valence-corrected chi connectivity index (χ0v) is 21.0. The van der Waals surface area contributed by atoms with Crippen LogP contribution in [0.3, 0.4) is 0 Å². The molecule has 39 heavy (non-hydrogen) atoms. The van der Waals surface area contributed by atoms with Crippen molar-refractivity contribution >= 4 is 23.5 Å². The second kappa shape index (κ2) is 10.1. The molecular formula is C29H25F3N2O5. The average Bonchev–Trinajstić information content (AvgIpc) is 3.48. The van der Waals surface area contributed by atoms with Crippen LogP contribution < -0.4 is 10.1 Å². The number of rotatable bonds is 6. The summed E-state index contributed by atoms with van der Waals surface area (Å²) in [6.45, 7) is 2.08. The van der Waals surface area contributed by atoms with Gasteiger partial charge in [0.1, 0.15) is 5.75 Å². The van der Waals surface area contributed by atoms with Crippen LogP contribution in [0.5, 0.6) is 5.75 Å². The number of amides is 2. The molecule has 5 rings (SSSR count). The molecule has 1 N–H and O–H groups in total. The first-order valence-electron chi connectivity index (χ1n) is 12.5. The molecule has 1 fully saturated rings. The lowest BCUT2D eigenvalue weighted by Gasteiger charge is -2.24. The molecule has 0 unspecified atom stereocenters. The fourth-order valence-electron chi connectivity index (χ4n) is 4.85. The molecule has 1 aliphatic heterocycles. The predicted octanol–water partition coefficient (Wildman–Crippen LogP) is 6.50. The Kier molecular flexibility index (Phi) is 6.80. The number of alkyl halides is 3. The van der Waals surface area contributed by atoms with Gasteiger partial charge in [0, 0.05) is 16.8 Å². The number of ether oxygens (including phenoxy) is 1. The smallest absolute Gasteiger partial charge is 0.406 e. The molecule has 1 saturated carbocycles. The molecule has 0 spiro atoms. The Morgan fingerprint density at radius 3 is 2.21 bits per heavy atom. The summed E-state index contributed by atoms with van der Waals surface area (Å²) in [5, 5.41) is 3.82. The molecule has 0 aromatic heterocycles. The Morgan fingerprint density at radius 1 is 0.923 bits per heavy atom. The van der Waals surface area contributed by atoms with E-state index in [4.69, 9.17) is 4.84 Å². The summed E-state index contributed by atoms with van der Waals surface area (Å²) >= 11 is 0. The SMILES string of the molecule is CC1(C(=O)ON2Cc3ccc(-c4ccc(NC(=O)c5ccc(OC(F)(F)F)cc5)cc4)cc3C2=O)CCCC1. The highest BCUT2D eigenvalue weighted by Crippen LogP contribution is 2.39. The highest BCUT2D eigenvalue weighted by Gasteiger charge is 2.41. The van der Waals surface area contributed by atoms with Gasteiger partial charge in [0.05, 0.1) is 12.0 Å². The first-order chi connectivity index (χ1) is 18.5. The number of anilines is 1. The van der Waals surface area contributed by atoms with Crippen LogP contribution >= 0.6 is 0 Å². The quantitative estimate of drug-likeness (QED) is 0.387. The van der Waals surface area contributed by atoms with Crippen molar-refractivity contribution < 1.29 is 37.1 Å². The second-order valence-corrected chi connectivity index (χ2v) is 9.96. The third kappa shape index (κ3) is 5.74. The zero-order valence-electron chi connectivity index (χ0n) is 21.0. The Labute approximate surface area is 222 Å². The van der Waals surface area contributed by atoms with Gasteiger partial charge in [-0.05, 0) is 78.9 Å². The fraction of sp³-hybridized carbons (Fsp3) is 0.276. The minimum absolute atomic E-state index is 0.165. The molecule has 2 amide bonds. The number of benzene rings is 3. The van der Waals surface area contributed by atoms with E-state index in [1.165, 1.54) is 12.1 Å². The van der Waals surface area contributed by atoms with Gasteiger partial charge in [0.25, 0.3) is 11.8 Å². The maximum atomic E-state index is 13.0. The van der Waals surface area contributed by atoms with Gasteiger partial charge in [-0.25, -0.2) is 4.79 Å². The Hall–Kier alpha value is -4.34. The second-order valence-electron chi connectivity index (χ2n) is 9.96. The summed E-state index contributed by atoms with van der Waals surface area (Å²) in [6.07, 6.45) is -1.36. The number of nitrogens with one attached hydrogen (secondary N) is 1. The Bertz CT molecular complexity index is 1410. The molecule has 202 valence electrons. The van der Waals surface area contributed by atoms with Gasteiger partial charge in [-0.2, -0.15) is 5.06 Å². The van der Waals surface area contributed by atoms with Crippen molar-refractivity contribution in [3.8, 4) is 16.9 Å². The van der Waals surface area contributed by atoms with Gasteiger partial charge in [0.2, 0.25) is 0 Å². The largest absolute Gasteiger partial charge is 0.573 e. The zero-order chi connectivity index (χ0) is 27.8. The standard InChI is InChI=1S/C29H25F3N2O5/c1-28(14-2-3-15-28)27(37)39-34-17-21-5-4-20(16-24(21)26(34)36)18-6-10-22(11-7-18)33-25(35)19-8-12-23(13-9-19)38-29(30,31)32/h4-13,16H,2-3,14-15,17H2,1H3,(H,33,35). The van der Waals surface area contributed by atoms with Crippen LogP contribution in [0.25, 0.3) is 11.1 Å². The third-order valence-corrected chi connectivity index (χ3v) is 7.10. The first-order valence-corrected chi connectivity index (χ1v) is 12.5. The summed E-state index contributed by atoms with van der Waals surface area (Å²) in [5.41, 5.74) is 2.90. The van der Waals surface area contributed by atoms with Gasteiger partial charge in [-0.1, -0.05) is 37.1 Å². The van der Waals surface area contributed by atoms with Crippen molar-refractivity contribution in [1.82, 2.24) is 5.06 Å². The van der Waals surface area contributed by atoms with Crippen LogP contribution in [0.15, 0.2) is 66.7 Å². The van der Waals surface area contributed by atoms with Gasteiger partial charge in [0.15, 0.2) is 0 Å². The Morgan fingerprint density at radius 2 is 1.56 bits per heavy atom. The van der Waals surface area contributed by atoms with Crippen LogP contribution in [0.4, 0.5) is 18.9 Å². The molecule has 2 aliphatic rings. The number of hydrogen-bond donors (Lipinski definition) is 1. The molecule has 1 aliphatic carbocycles. The van der Waals surface area contributed by atoms with Crippen LogP contribution in [0.1, 0.15) is 58.9 Å². The number of carbonyl (C=O) groups excluding carboxylic acids is 3. The average molecular weight is 539 g/mol. The highest BCUT2D eigenvalue weighted by atomic mass is 19.4. The highest BCUT2D eigenvalue weighted by molar-refractivity contribution is 6.04. The molecule has 3 aromatic carbocycles. The maximum Gasteiger partial charge on any atom is 0.573 e. The monoisotopic (exact) mass is 538 g/mol. The van der Waals surface area contributed by atoms with Crippen molar-refractivity contribution in [1.29, 1.82) is 0 Å². The molecule has 1 heterocycles. The Balaban J connectivity index is 1.23. The first kappa shape index (κ1) is 26.3. The van der Waals surface area contributed by atoms with E-state index in [1.54, 1.807) is 30.3 Å². The molecule has 7 nitrogen and oxygen atoms in total. The van der Waals surface area contributed by atoms with Crippen LogP contribution in [-0.2, 0) is 16.2 Å². The lowest BCUT2D eigenvalue weighted by Crippen LogP contribution is -2.35. The van der Waals surface area contributed by atoms with Gasteiger partial charge in [-0.3, -0.25) is 9.59 Å². The topological polar surface area (TPSA) is 84.9 Å². The van der Waals surface area contributed by atoms with Crippen LogP contribution in [0, 0.1) is 5.41 Å². The van der Waals surface area contributed by atoms with Crippen molar-refractivity contribution in [2.45, 2.75) is 45.5 Å². The predicted molar refractivity (Wildman–Crippen MR) is 135 cm³/mol. The minimum atomic E-state index is -4.81. The normalized spacial score (nSPS) is 16.1. The number of fused-ring (bicyclic) bond motifs is 1. The molecule has 0 saturated heterocycles. The van der Waals surface area contributed by atoms with Gasteiger partial charge >= 0.3 is 12.3 Å². The maximum absolute atomic E-state index is 13.0. The number of hydrogen-bond acceptors (Lipinski definition) is 5. The van der Waals surface area contributed by atoms with E-state index >= 15 is 0 Å². The van der Waals surface area contributed by atoms with E-state index in [-0.39, 0.29) is 24.0 Å². The number of carbonyl (C=O) groups is 3. The number of hydroxylamine groups is 2. The molecule has 0 radical (unpaired) electrons. The summed E-state index contributed by atoms with van der Waals surface area (Å²) in [4.78, 5) is 43.6. The fourth-order valence-corrected chi connectivity index (χ4v) is 4.85. The van der Waals surface area contributed by atoms with Gasteiger partial charge in [-0.15, -0.1) is 13.2 Å². The number of nitrogens with zero attached hydrogens (tertiary/aromatic N) is 1. The molecule has 10 heteroatoms. The van der Waals surface area contributed by atoms with E-state index in [0.717, 1.165) is 59.6 Å². The van der Waals surface area contributed by atoms with E-state index in [9.17, 15) is 27.6 Å². The van der Waals surface area contributed by atoms with Crippen molar-refractivity contribution in [2.24, 2.45) is 5.41 Å². The summed E-state index contributed by atoms with van der Waals surface area (Å²) in [6, 6.07) is 17.0. The summed E-state index contributed by atoms with van der Waals surface area (Å²) in [5.74, 6) is -1.65. The molecule has 3 aromatic rings. The molecule has 0 bridgehead atoms. The number of halogens is 3. The van der Waals surface area contributed by atoms with E-state index in [0.29, 0.717) is 11.3 Å². The molecule has 0 atom stereocenters. The summed E-state index contributed by atoms with van der Waals surface area (Å²) < 4.78 is 40.8. The van der Waals surface area contributed by atoms with Crippen molar-refractivity contribution in [2.75, 3.05) is 5.32 Å². The van der Waals surface area contributed by atoms with Crippen molar-refractivity contribution in [3.63, 3.8) is 0 Å². The lowest BCUT2D eigenvalue weighted by atomic mass is 9.89. The summed E-state index contributed by atoms with van der Waals surface area (Å²) in [7, 11) is 0.